The smallest absolute Gasteiger partial charge is 0.0238 e. The minimum Gasteiger partial charge on any atom is -0.0859 e. The quantitative estimate of drug-likeness (QED) is 0.392. The van der Waals surface area contributed by atoms with E-state index in [0.29, 0.717) is 21.7 Å². The van der Waals surface area contributed by atoms with Crippen molar-refractivity contribution in [2.45, 2.75) is 127 Å². The fourth-order valence-corrected chi connectivity index (χ4v) is 10.5. The molecule has 0 saturated heterocycles. The van der Waals surface area contributed by atoms with Gasteiger partial charge in [-0.25, -0.2) is 0 Å². The van der Waals surface area contributed by atoms with E-state index in [-0.39, 0.29) is 0 Å². The fraction of sp³-hybridized carbons (Fsp3) is 0.935. The summed E-state index contributed by atoms with van der Waals surface area (Å²) in [6.07, 6.45) is 17.1. The second kappa shape index (κ2) is 7.91. The molecule has 4 aliphatic rings. The SMILES string of the molecule is CC(C)=CCCC(C)C1CCC2(C)C3CCC4C(C)(C)C(C)CCC4(C)C3CCC12C. The maximum atomic E-state index is 2.77. The highest BCUT2D eigenvalue weighted by molar-refractivity contribution is 5.16. The van der Waals surface area contributed by atoms with Crippen LogP contribution in [0.25, 0.3) is 0 Å². The average Bonchev–Trinajstić information content (AvgIpc) is 2.96. The molecule has 0 aromatic heterocycles. The molecule has 31 heavy (non-hydrogen) atoms. The Morgan fingerprint density at radius 2 is 1.52 bits per heavy atom. The third-order valence-electron chi connectivity index (χ3n) is 12.9. The van der Waals surface area contributed by atoms with Crippen molar-refractivity contribution in [1.29, 1.82) is 0 Å². The van der Waals surface area contributed by atoms with E-state index in [1.54, 1.807) is 0 Å². The standard InChI is InChI=1S/C31H54/c1-21(2)11-10-12-22(3)24-16-19-31(9)26-13-14-27-28(5,6)23(4)15-18-29(27,7)25(26)17-20-30(24,31)8/h11,22-27H,10,12-20H2,1-9H3. The number of allylic oxidation sites excluding steroid dienone is 2. The van der Waals surface area contributed by atoms with E-state index in [4.69, 9.17) is 0 Å². The molecule has 0 heterocycles. The summed E-state index contributed by atoms with van der Waals surface area (Å²) in [5.74, 6) is 5.61. The minimum absolute atomic E-state index is 0.525. The van der Waals surface area contributed by atoms with Gasteiger partial charge in [-0.05, 0) is 135 Å². The van der Waals surface area contributed by atoms with E-state index >= 15 is 0 Å². The van der Waals surface area contributed by atoms with Crippen LogP contribution in [0.2, 0.25) is 0 Å². The van der Waals surface area contributed by atoms with Gasteiger partial charge in [-0.2, -0.15) is 0 Å². The monoisotopic (exact) mass is 426 g/mol. The Morgan fingerprint density at radius 1 is 0.839 bits per heavy atom. The van der Waals surface area contributed by atoms with Crippen LogP contribution >= 0.6 is 0 Å². The average molecular weight is 427 g/mol. The summed E-state index contributed by atoms with van der Waals surface area (Å²) in [6.45, 7) is 23.2. The van der Waals surface area contributed by atoms with Crippen LogP contribution in [0.5, 0.6) is 0 Å². The van der Waals surface area contributed by atoms with Gasteiger partial charge in [0, 0.05) is 0 Å². The Morgan fingerprint density at radius 3 is 2.19 bits per heavy atom. The molecule has 4 rings (SSSR count). The Labute approximate surface area is 195 Å². The van der Waals surface area contributed by atoms with Gasteiger partial charge in [-0.1, -0.05) is 60.1 Å². The molecule has 9 atom stereocenters. The zero-order chi connectivity index (χ0) is 22.8. The van der Waals surface area contributed by atoms with Crippen LogP contribution in [0, 0.1) is 57.2 Å². The lowest BCUT2D eigenvalue weighted by molar-refractivity contribution is -0.188. The van der Waals surface area contributed by atoms with E-state index < -0.39 is 0 Å². The van der Waals surface area contributed by atoms with Gasteiger partial charge in [0.1, 0.15) is 0 Å². The summed E-state index contributed by atoms with van der Waals surface area (Å²) in [7, 11) is 0. The topological polar surface area (TPSA) is 0 Å². The van der Waals surface area contributed by atoms with Crippen molar-refractivity contribution >= 4 is 0 Å². The third-order valence-corrected chi connectivity index (χ3v) is 12.9. The van der Waals surface area contributed by atoms with Gasteiger partial charge in [0.15, 0.2) is 0 Å². The largest absolute Gasteiger partial charge is 0.0859 e. The molecule has 0 aromatic rings. The molecule has 178 valence electrons. The second-order valence-corrected chi connectivity index (χ2v) is 14.5. The normalized spacial score (nSPS) is 49.5. The summed E-state index contributed by atoms with van der Waals surface area (Å²) in [6, 6.07) is 0. The molecule has 0 spiro atoms. The van der Waals surface area contributed by atoms with E-state index in [1.807, 2.05) is 0 Å². The molecule has 4 fully saturated rings. The van der Waals surface area contributed by atoms with Gasteiger partial charge in [0.25, 0.3) is 0 Å². The van der Waals surface area contributed by atoms with Crippen LogP contribution in [0.1, 0.15) is 127 Å². The molecule has 0 N–H and O–H groups in total. The first-order valence-electron chi connectivity index (χ1n) is 14.0. The molecule has 0 nitrogen and oxygen atoms in total. The highest BCUT2D eigenvalue weighted by atomic mass is 14.7. The molecular formula is C31H54. The maximum Gasteiger partial charge on any atom is -0.0238 e. The lowest BCUT2D eigenvalue weighted by atomic mass is 9.37. The van der Waals surface area contributed by atoms with Crippen molar-refractivity contribution in [1.82, 2.24) is 0 Å². The molecule has 0 aromatic carbocycles. The van der Waals surface area contributed by atoms with Crippen LogP contribution in [-0.2, 0) is 0 Å². The molecule has 0 bridgehead atoms. The molecular weight excluding hydrogens is 372 g/mol. The molecule has 9 unspecified atom stereocenters. The maximum absolute atomic E-state index is 2.77. The number of rotatable bonds is 4. The Hall–Kier alpha value is -0.260. The van der Waals surface area contributed by atoms with Gasteiger partial charge in [0.2, 0.25) is 0 Å². The molecule has 0 amide bonds. The van der Waals surface area contributed by atoms with E-state index in [0.717, 1.165) is 35.5 Å². The highest BCUT2D eigenvalue weighted by Gasteiger charge is 2.67. The van der Waals surface area contributed by atoms with Gasteiger partial charge in [0.05, 0.1) is 0 Å². The summed E-state index contributed by atoms with van der Waals surface area (Å²) in [4.78, 5) is 0. The van der Waals surface area contributed by atoms with Crippen LogP contribution in [0.4, 0.5) is 0 Å². The summed E-state index contributed by atoms with van der Waals surface area (Å²) >= 11 is 0. The third kappa shape index (κ3) is 3.43. The molecule has 4 saturated carbocycles. The van der Waals surface area contributed by atoms with E-state index in [1.165, 1.54) is 69.8 Å². The number of hydrogen-bond donors (Lipinski definition) is 0. The number of fused-ring (bicyclic) bond motifs is 5. The Kier molecular flexibility index (Phi) is 6.09. The van der Waals surface area contributed by atoms with Crippen molar-refractivity contribution in [2.24, 2.45) is 57.2 Å². The summed E-state index contributed by atoms with van der Waals surface area (Å²) in [5, 5.41) is 0. The van der Waals surface area contributed by atoms with Gasteiger partial charge >= 0.3 is 0 Å². The van der Waals surface area contributed by atoms with Crippen LogP contribution in [0.3, 0.4) is 0 Å². The Balaban J connectivity index is 1.58. The molecule has 4 aliphatic carbocycles. The predicted octanol–water partition coefficient (Wildman–Crippen LogP) is 9.69. The van der Waals surface area contributed by atoms with E-state index in [2.05, 4.69) is 68.4 Å². The van der Waals surface area contributed by atoms with Gasteiger partial charge < -0.3 is 0 Å². The van der Waals surface area contributed by atoms with Crippen LogP contribution < -0.4 is 0 Å². The second-order valence-electron chi connectivity index (χ2n) is 14.5. The molecule has 0 radical (unpaired) electrons. The summed E-state index contributed by atoms with van der Waals surface area (Å²) < 4.78 is 0. The fourth-order valence-electron chi connectivity index (χ4n) is 10.5. The molecule has 0 heteroatoms. The first kappa shape index (κ1) is 23.9. The lowest BCUT2D eigenvalue weighted by Gasteiger charge is -2.68. The first-order chi connectivity index (χ1) is 14.4. The van der Waals surface area contributed by atoms with Crippen molar-refractivity contribution < 1.29 is 0 Å². The highest BCUT2D eigenvalue weighted by Crippen LogP contribution is 2.75. The van der Waals surface area contributed by atoms with Crippen molar-refractivity contribution in [3.05, 3.63) is 11.6 Å². The van der Waals surface area contributed by atoms with Crippen molar-refractivity contribution in [3.63, 3.8) is 0 Å². The lowest BCUT2D eigenvalue weighted by Crippen LogP contribution is -2.60. The number of hydrogen-bond acceptors (Lipinski definition) is 0. The zero-order valence-corrected chi connectivity index (χ0v) is 22.6. The van der Waals surface area contributed by atoms with E-state index in [9.17, 15) is 0 Å². The van der Waals surface area contributed by atoms with Gasteiger partial charge in [-0.15, -0.1) is 0 Å². The van der Waals surface area contributed by atoms with Crippen LogP contribution in [-0.4, -0.2) is 0 Å². The predicted molar refractivity (Wildman–Crippen MR) is 136 cm³/mol. The summed E-state index contributed by atoms with van der Waals surface area (Å²) in [5.41, 5.74) is 3.75. The molecule has 0 aliphatic heterocycles. The zero-order valence-electron chi connectivity index (χ0n) is 22.6. The first-order valence-corrected chi connectivity index (χ1v) is 14.0. The van der Waals surface area contributed by atoms with Crippen molar-refractivity contribution in [2.75, 3.05) is 0 Å². The minimum atomic E-state index is 0.525. The van der Waals surface area contributed by atoms with Gasteiger partial charge in [-0.3, -0.25) is 0 Å². The van der Waals surface area contributed by atoms with Crippen LogP contribution in [0.15, 0.2) is 11.6 Å². The Bertz CT molecular complexity index is 695. The van der Waals surface area contributed by atoms with Crippen molar-refractivity contribution in [3.8, 4) is 0 Å².